The van der Waals surface area contributed by atoms with Crippen molar-refractivity contribution < 1.29 is 17.9 Å². The summed E-state index contributed by atoms with van der Waals surface area (Å²) in [4.78, 5) is 0. The lowest BCUT2D eigenvalue weighted by molar-refractivity contribution is 0.128. The maximum absolute atomic E-state index is 13.1. The topological polar surface area (TPSA) is 22.4 Å². The molecule has 0 spiro atoms. The van der Waals surface area contributed by atoms with E-state index < -0.39 is 3.93 Å². The minimum atomic E-state index is -2.92. The Morgan fingerprint density at radius 3 is 2.73 bits per heavy atom. The van der Waals surface area contributed by atoms with Crippen LogP contribution in [0.5, 0.6) is 5.75 Å². The van der Waals surface area contributed by atoms with Crippen LogP contribution in [0.4, 0.5) is 8.78 Å². The number of furan rings is 1. The number of hydrogen-bond acceptors (Lipinski definition) is 2. The van der Waals surface area contributed by atoms with E-state index in [1.807, 2.05) is 0 Å². The molecule has 0 saturated heterocycles. The highest BCUT2D eigenvalue weighted by atomic mass is 127. The van der Waals surface area contributed by atoms with Crippen LogP contribution in [0.3, 0.4) is 0 Å². The molecule has 15 heavy (non-hydrogen) atoms. The van der Waals surface area contributed by atoms with Crippen LogP contribution in [-0.4, -0.2) is 7.11 Å². The fourth-order valence-electron chi connectivity index (χ4n) is 1.36. The molecule has 0 N–H and O–H groups in total. The van der Waals surface area contributed by atoms with E-state index in [1.54, 1.807) is 18.2 Å². The molecule has 5 heteroatoms. The van der Waals surface area contributed by atoms with Crippen LogP contribution >= 0.6 is 22.6 Å². The second-order valence-corrected chi connectivity index (χ2v) is 4.36. The number of halogens is 3. The van der Waals surface area contributed by atoms with Crippen LogP contribution in [-0.2, 0) is 3.93 Å². The normalized spacial score (nSPS) is 12.0. The highest BCUT2D eigenvalue weighted by molar-refractivity contribution is 14.1. The van der Waals surface area contributed by atoms with E-state index in [0.717, 1.165) is 28.9 Å². The molecule has 0 unspecified atom stereocenters. The molecule has 0 saturated carbocycles. The molecule has 2 rings (SSSR count). The quantitative estimate of drug-likeness (QED) is 0.617. The smallest absolute Gasteiger partial charge is 0.325 e. The van der Waals surface area contributed by atoms with E-state index >= 15 is 0 Å². The zero-order valence-corrected chi connectivity index (χ0v) is 9.92. The van der Waals surface area contributed by atoms with Gasteiger partial charge in [-0.2, -0.15) is 8.78 Å². The summed E-state index contributed by atoms with van der Waals surface area (Å²) in [5, 5.41) is 0.412. The Bertz CT molecular complexity index is 488. The average molecular weight is 324 g/mol. The molecule has 0 aliphatic carbocycles. The standard InChI is InChI=1S/C10H7F2IO2/c1-14-6-2-3-7-8(10(11,12)13)5-15-9(7)4-6/h2-5H,1H3. The van der Waals surface area contributed by atoms with Crippen molar-refractivity contribution in [1.29, 1.82) is 0 Å². The summed E-state index contributed by atoms with van der Waals surface area (Å²) in [5.41, 5.74) is 0.293. The second-order valence-electron chi connectivity index (χ2n) is 3.01. The third-order valence-corrected chi connectivity index (χ3v) is 2.67. The van der Waals surface area contributed by atoms with Gasteiger partial charge in [0.25, 0.3) is 0 Å². The number of methoxy groups -OCH3 is 1. The van der Waals surface area contributed by atoms with Crippen molar-refractivity contribution in [2.24, 2.45) is 0 Å². The molecule has 0 amide bonds. The van der Waals surface area contributed by atoms with Crippen LogP contribution in [0, 0.1) is 0 Å². The molecular weight excluding hydrogens is 317 g/mol. The molecule has 0 atom stereocenters. The Morgan fingerprint density at radius 2 is 2.13 bits per heavy atom. The van der Waals surface area contributed by atoms with Crippen LogP contribution in [0.1, 0.15) is 5.56 Å². The van der Waals surface area contributed by atoms with Gasteiger partial charge in [-0.25, -0.2) is 0 Å². The zero-order valence-electron chi connectivity index (χ0n) is 7.76. The lowest BCUT2D eigenvalue weighted by Crippen LogP contribution is -2.00. The summed E-state index contributed by atoms with van der Waals surface area (Å²) >= 11 is 1.08. The van der Waals surface area contributed by atoms with Crippen molar-refractivity contribution in [1.82, 2.24) is 0 Å². The number of fused-ring (bicyclic) bond motifs is 1. The van der Waals surface area contributed by atoms with Crippen molar-refractivity contribution in [3.05, 3.63) is 30.0 Å². The van der Waals surface area contributed by atoms with Gasteiger partial charge in [-0.3, -0.25) is 0 Å². The summed E-state index contributed by atoms with van der Waals surface area (Å²) in [5.74, 6) is 0.583. The maximum atomic E-state index is 13.1. The summed E-state index contributed by atoms with van der Waals surface area (Å²) in [6.07, 6.45) is 1.08. The fraction of sp³-hybridized carbons (Fsp3) is 0.200. The predicted octanol–water partition coefficient (Wildman–Crippen LogP) is 3.93. The monoisotopic (exact) mass is 324 g/mol. The van der Waals surface area contributed by atoms with Gasteiger partial charge in [0, 0.05) is 34.0 Å². The largest absolute Gasteiger partial charge is 0.497 e. The summed E-state index contributed by atoms with van der Waals surface area (Å²) < 4.78 is 33.3. The van der Waals surface area contributed by atoms with Gasteiger partial charge in [0.15, 0.2) is 0 Å². The van der Waals surface area contributed by atoms with Gasteiger partial charge in [0.05, 0.1) is 12.7 Å². The first kappa shape index (κ1) is 10.7. The maximum Gasteiger partial charge on any atom is 0.325 e. The summed E-state index contributed by atoms with van der Waals surface area (Å²) in [6.45, 7) is 0. The van der Waals surface area contributed by atoms with Crippen molar-refractivity contribution in [2.45, 2.75) is 3.93 Å². The van der Waals surface area contributed by atoms with Gasteiger partial charge < -0.3 is 9.15 Å². The lowest BCUT2D eigenvalue weighted by atomic mass is 10.2. The van der Waals surface area contributed by atoms with Crippen molar-refractivity contribution in [3.63, 3.8) is 0 Å². The number of benzene rings is 1. The first-order chi connectivity index (χ1) is 7.02. The van der Waals surface area contributed by atoms with E-state index in [1.165, 1.54) is 7.11 Å². The van der Waals surface area contributed by atoms with Gasteiger partial charge in [-0.1, -0.05) is 0 Å². The molecule has 2 aromatic rings. The molecule has 1 aromatic carbocycles. The average Bonchev–Trinajstić information content (AvgIpc) is 2.59. The van der Waals surface area contributed by atoms with E-state index in [0.29, 0.717) is 16.7 Å². The Morgan fingerprint density at radius 1 is 1.40 bits per heavy atom. The minimum absolute atomic E-state index is 0.110. The Balaban J connectivity index is 2.62. The summed E-state index contributed by atoms with van der Waals surface area (Å²) in [7, 11) is 1.51. The number of hydrogen-bond donors (Lipinski definition) is 0. The zero-order chi connectivity index (χ0) is 11.1. The van der Waals surface area contributed by atoms with Crippen molar-refractivity contribution in [3.8, 4) is 5.75 Å². The molecule has 1 aromatic heterocycles. The lowest BCUT2D eigenvalue weighted by Gasteiger charge is -2.05. The molecule has 0 bridgehead atoms. The number of ether oxygens (including phenoxy) is 1. The van der Waals surface area contributed by atoms with Gasteiger partial charge >= 0.3 is 3.93 Å². The highest BCUT2D eigenvalue weighted by Gasteiger charge is 2.31. The van der Waals surface area contributed by atoms with Crippen LogP contribution in [0.2, 0.25) is 0 Å². The molecule has 2 nitrogen and oxygen atoms in total. The van der Waals surface area contributed by atoms with E-state index in [-0.39, 0.29) is 5.56 Å². The van der Waals surface area contributed by atoms with Crippen LogP contribution < -0.4 is 4.74 Å². The van der Waals surface area contributed by atoms with Crippen LogP contribution in [0.25, 0.3) is 11.0 Å². The molecule has 0 radical (unpaired) electrons. The van der Waals surface area contributed by atoms with Gasteiger partial charge in [0.1, 0.15) is 17.6 Å². The SMILES string of the molecule is COc1ccc2c(C(F)(F)I)coc2c1. The van der Waals surface area contributed by atoms with Crippen molar-refractivity contribution in [2.75, 3.05) is 7.11 Å². The third-order valence-electron chi connectivity index (χ3n) is 2.09. The number of rotatable bonds is 2. The fourth-order valence-corrected chi connectivity index (χ4v) is 1.77. The minimum Gasteiger partial charge on any atom is -0.497 e. The predicted molar refractivity (Wildman–Crippen MR) is 60.7 cm³/mol. The van der Waals surface area contributed by atoms with Crippen molar-refractivity contribution >= 4 is 33.6 Å². The molecule has 0 fully saturated rings. The Labute approximate surface area is 98.3 Å². The van der Waals surface area contributed by atoms with E-state index in [9.17, 15) is 8.78 Å². The van der Waals surface area contributed by atoms with E-state index in [2.05, 4.69) is 0 Å². The van der Waals surface area contributed by atoms with Crippen LogP contribution in [0.15, 0.2) is 28.9 Å². The molecule has 80 valence electrons. The highest BCUT2D eigenvalue weighted by Crippen LogP contribution is 2.40. The first-order valence-electron chi connectivity index (χ1n) is 4.15. The second kappa shape index (κ2) is 3.62. The summed E-state index contributed by atoms with van der Waals surface area (Å²) in [6, 6.07) is 4.78. The first-order valence-corrected chi connectivity index (χ1v) is 5.22. The van der Waals surface area contributed by atoms with Gasteiger partial charge in [-0.15, -0.1) is 0 Å². The third kappa shape index (κ3) is 1.92. The molecule has 1 heterocycles. The molecular formula is C10H7F2IO2. The van der Waals surface area contributed by atoms with E-state index in [4.69, 9.17) is 9.15 Å². The van der Waals surface area contributed by atoms with Gasteiger partial charge in [0.2, 0.25) is 0 Å². The Kier molecular flexibility index (Phi) is 2.57. The molecule has 0 aliphatic heterocycles. The van der Waals surface area contributed by atoms with Gasteiger partial charge in [-0.05, 0) is 12.1 Å². The molecule has 0 aliphatic rings. The Hall–Kier alpha value is -0.850. The number of alkyl halides is 3.